The molecule has 3 amide bonds. The van der Waals surface area contributed by atoms with E-state index in [4.69, 9.17) is 14.2 Å². The van der Waals surface area contributed by atoms with Gasteiger partial charge in [0.15, 0.2) is 17.9 Å². The van der Waals surface area contributed by atoms with Crippen LogP contribution in [0.3, 0.4) is 0 Å². The van der Waals surface area contributed by atoms with Gasteiger partial charge in [0.1, 0.15) is 35.6 Å². The molecule has 0 bridgehead atoms. The SMILES string of the molecule is COc1cccc2c1C(=O)c1c(O)c3c(c(O)c1C2=O)C[C@@](O)(C(=O)CO)C[C@@H]3OC1CC(NC(=O)CN(CC(C)(F)F)C(=O)CNC(=O)c2ccnc3ccccc23)C(O)C(C)O1. The zero-order valence-electron chi connectivity index (χ0n) is 34.6. The molecule has 0 spiro atoms. The Morgan fingerprint density at radius 1 is 1.02 bits per heavy atom. The Morgan fingerprint density at radius 3 is 2.44 bits per heavy atom. The van der Waals surface area contributed by atoms with Crippen molar-refractivity contribution < 1.29 is 77.3 Å². The molecule has 4 unspecified atom stereocenters. The van der Waals surface area contributed by atoms with Crippen LogP contribution in [-0.2, 0) is 30.3 Å². The molecule has 1 fully saturated rings. The van der Waals surface area contributed by atoms with E-state index in [0.29, 0.717) is 22.7 Å². The molecule has 18 nitrogen and oxygen atoms in total. The van der Waals surface area contributed by atoms with Gasteiger partial charge in [-0.2, -0.15) is 0 Å². The molecule has 4 aromatic rings. The van der Waals surface area contributed by atoms with Crippen molar-refractivity contribution in [2.45, 2.75) is 75.3 Å². The lowest BCUT2D eigenvalue weighted by molar-refractivity contribution is -0.249. The van der Waals surface area contributed by atoms with Crippen molar-refractivity contribution >= 4 is 46.0 Å². The van der Waals surface area contributed by atoms with Gasteiger partial charge in [-0.05, 0) is 25.1 Å². The number of benzene rings is 3. The summed E-state index contributed by atoms with van der Waals surface area (Å²) < 4.78 is 46.1. The zero-order valence-corrected chi connectivity index (χ0v) is 34.6. The maximum absolute atomic E-state index is 14.4. The van der Waals surface area contributed by atoms with Crippen molar-refractivity contribution in [1.82, 2.24) is 20.5 Å². The average Bonchev–Trinajstić information content (AvgIpc) is 3.25. The fraction of sp³-hybridized carbons (Fsp3) is 0.386. The molecule has 1 aromatic heterocycles. The third-order valence-electron chi connectivity index (χ3n) is 11.6. The van der Waals surface area contributed by atoms with Crippen molar-refractivity contribution in [1.29, 1.82) is 0 Å². The van der Waals surface area contributed by atoms with Crippen molar-refractivity contribution in [2.75, 3.05) is 33.4 Å². The van der Waals surface area contributed by atoms with Gasteiger partial charge in [0, 0.05) is 54.5 Å². The fourth-order valence-electron chi connectivity index (χ4n) is 8.51. The number of aliphatic hydroxyl groups excluding tert-OH is 2. The Hall–Kier alpha value is -6.45. The molecule has 7 rings (SSSR count). The maximum Gasteiger partial charge on any atom is 0.262 e. The second-order valence-electron chi connectivity index (χ2n) is 16.0. The second-order valence-corrected chi connectivity index (χ2v) is 16.0. The van der Waals surface area contributed by atoms with E-state index < -0.39 is 145 Å². The Bertz CT molecular complexity index is 2580. The van der Waals surface area contributed by atoms with Crippen LogP contribution in [0.2, 0.25) is 0 Å². The number of Topliss-reactive ketones (excluding diaryl/α,β-unsaturated/α-hetero) is 1. The fourth-order valence-corrected chi connectivity index (χ4v) is 8.51. The summed E-state index contributed by atoms with van der Waals surface area (Å²) in [5, 5.41) is 61.3. The number of halogens is 2. The Balaban J connectivity index is 1.12. The number of nitrogens with zero attached hydrogens (tertiary/aromatic N) is 2. The summed E-state index contributed by atoms with van der Waals surface area (Å²) in [4.78, 5) is 85.3. The number of aromatic hydroxyl groups is 2. The topological polar surface area (TPSA) is 271 Å². The lowest BCUT2D eigenvalue weighted by Gasteiger charge is -2.43. The van der Waals surface area contributed by atoms with E-state index in [1.807, 2.05) is 0 Å². The molecule has 338 valence electrons. The molecule has 1 saturated heterocycles. The number of carbonyl (C=O) groups excluding carboxylic acids is 6. The molecular formula is C44H44F2N4O14. The number of methoxy groups -OCH3 is 1. The van der Waals surface area contributed by atoms with Crippen LogP contribution in [0.1, 0.15) is 86.1 Å². The van der Waals surface area contributed by atoms with Gasteiger partial charge in [-0.1, -0.05) is 30.3 Å². The van der Waals surface area contributed by atoms with Crippen LogP contribution in [0.25, 0.3) is 10.9 Å². The average molecular weight is 891 g/mol. The molecule has 20 heteroatoms. The van der Waals surface area contributed by atoms with E-state index in [-0.39, 0.29) is 33.6 Å². The second kappa shape index (κ2) is 17.6. The lowest BCUT2D eigenvalue weighted by Crippen LogP contribution is -2.57. The summed E-state index contributed by atoms with van der Waals surface area (Å²) in [6.45, 7) is -2.13. The van der Waals surface area contributed by atoms with Gasteiger partial charge in [-0.25, -0.2) is 8.78 Å². The van der Waals surface area contributed by atoms with E-state index >= 15 is 0 Å². The van der Waals surface area contributed by atoms with Crippen LogP contribution in [0, 0.1) is 0 Å². The number of pyridine rings is 1. The summed E-state index contributed by atoms with van der Waals surface area (Å²) in [5.74, 6) is -10.7. The maximum atomic E-state index is 14.4. The molecule has 1 aliphatic heterocycles. The van der Waals surface area contributed by atoms with Gasteiger partial charge in [0.25, 0.3) is 11.8 Å². The van der Waals surface area contributed by atoms with Gasteiger partial charge >= 0.3 is 0 Å². The summed E-state index contributed by atoms with van der Waals surface area (Å²) >= 11 is 0. The van der Waals surface area contributed by atoms with Gasteiger partial charge < -0.3 is 55.3 Å². The number of phenolic OH excluding ortho intramolecular Hbond substituents is 2. The van der Waals surface area contributed by atoms with Gasteiger partial charge in [0.05, 0.1) is 72.8 Å². The van der Waals surface area contributed by atoms with Crippen molar-refractivity contribution in [3.05, 3.63) is 93.7 Å². The van der Waals surface area contributed by atoms with Crippen LogP contribution in [-0.4, -0.2) is 140 Å². The number of aliphatic hydroxyl groups is 3. The number of para-hydroxylation sites is 1. The summed E-state index contributed by atoms with van der Waals surface area (Å²) in [6.07, 6.45) is -6.07. The van der Waals surface area contributed by atoms with Crippen LogP contribution in [0.15, 0.2) is 54.7 Å². The lowest BCUT2D eigenvalue weighted by atomic mass is 9.72. The third kappa shape index (κ3) is 8.61. The summed E-state index contributed by atoms with van der Waals surface area (Å²) in [7, 11) is 1.27. The number of fused-ring (bicyclic) bond motifs is 4. The number of aromatic nitrogens is 1. The quantitative estimate of drug-likeness (QED) is 0.0828. The Labute approximate surface area is 362 Å². The van der Waals surface area contributed by atoms with Crippen LogP contribution in [0.4, 0.5) is 8.78 Å². The normalized spacial score (nSPS) is 22.8. The van der Waals surface area contributed by atoms with E-state index in [1.165, 1.54) is 44.5 Å². The van der Waals surface area contributed by atoms with Crippen molar-refractivity contribution in [3.8, 4) is 17.2 Å². The molecule has 3 aromatic carbocycles. The number of carbonyl (C=O) groups is 6. The molecule has 64 heavy (non-hydrogen) atoms. The molecule has 0 saturated carbocycles. The molecule has 2 aliphatic carbocycles. The van der Waals surface area contributed by atoms with Crippen LogP contribution >= 0.6 is 0 Å². The third-order valence-corrected chi connectivity index (χ3v) is 11.6. The monoisotopic (exact) mass is 890 g/mol. The molecular weight excluding hydrogens is 846 g/mol. The molecule has 3 aliphatic rings. The number of phenols is 2. The molecule has 7 N–H and O–H groups in total. The largest absolute Gasteiger partial charge is 0.507 e. The first kappa shape index (κ1) is 45.6. The predicted octanol–water partition coefficient (Wildman–Crippen LogP) is 1.62. The predicted molar refractivity (Wildman–Crippen MR) is 217 cm³/mol. The molecule has 6 atom stereocenters. The Morgan fingerprint density at radius 2 is 1.73 bits per heavy atom. The van der Waals surface area contributed by atoms with E-state index in [1.54, 1.807) is 24.3 Å². The number of alkyl halides is 2. The minimum atomic E-state index is -3.48. The number of rotatable bonds is 13. The van der Waals surface area contributed by atoms with Crippen molar-refractivity contribution in [2.24, 2.45) is 0 Å². The minimum Gasteiger partial charge on any atom is -0.507 e. The van der Waals surface area contributed by atoms with E-state index in [2.05, 4.69) is 15.6 Å². The smallest absolute Gasteiger partial charge is 0.262 e. The van der Waals surface area contributed by atoms with Gasteiger partial charge in [-0.3, -0.25) is 33.8 Å². The van der Waals surface area contributed by atoms with Gasteiger partial charge in [-0.15, -0.1) is 0 Å². The number of ether oxygens (including phenoxy) is 3. The number of ketones is 3. The molecule has 2 heterocycles. The van der Waals surface area contributed by atoms with Crippen LogP contribution in [0.5, 0.6) is 17.2 Å². The highest BCUT2D eigenvalue weighted by Crippen LogP contribution is 2.52. The first-order valence-corrected chi connectivity index (χ1v) is 20.1. The number of hydrogen-bond donors (Lipinski definition) is 7. The first-order chi connectivity index (χ1) is 30.3. The highest BCUT2D eigenvalue weighted by Gasteiger charge is 2.50. The summed E-state index contributed by atoms with van der Waals surface area (Å²) in [6, 6.07) is 11.1. The van der Waals surface area contributed by atoms with E-state index in [9.17, 15) is 63.1 Å². The number of nitrogens with one attached hydrogen (secondary N) is 2. The number of hydrogen-bond acceptors (Lipinski definition) is 15. The van der Waals surface area contributed by atoms with E-state index in [0.717, 1.165) is 0 Å². The zero-order chi connectivity index (χ0) is 46.4. The Kier molecular flexibility index (Phi) is 12.5. The number of amides is 3. The standard InChI is InChI=1S/C44H44F2N4O14/c1-20-37(55)26(49-30(53)17-50(19-43(2,45)46)31(54)16-48-42(60)22-11-12-47-25-9-5-4-7-21(22)25)13-32(63-20)64-28-15-44(61,29(52)18-51)14-24-34(28)41(59)36-35(39(24)57)38(56)23-8-6-10-27(62-3)33(23)40(36)58/h4-12,20,26,28,32,37,51,55,57,59,61H,13-19H2,1-3H3,(H,48,60)(H,49,53)/t20?,26?,28-,32?,37?,44-/m0/s1. The minimum absolute atomic E-state index is 0.00239. The first-order valence-electron chi connectivity index (χ1n) is 20.1. The highest BCUT2D eigenvalue weighted by molar-refractivity contribution is 6.31. The molecule has 0 radical (unpaired) electrons. The van der Waals surface area contributed by atoms with Gasteiger partial charge in [0.2, 0.25) is 17.6 Å². The van der Waals surface area contributed by atoms with Crippen LogP contribution < -0.4 is 15.4 Å². The highest BCUT2D eigenvalue weighted by atomic mass is 19.3. The van der Waals surface area contributed by atoms with Crippen molar-refractivity contribution in [3.63, 3.8) is 0 Å². The summed E-state index contributed by atoms with van der Waals surface area (Å²) in [5.41, 5.74) is -3.98.